The Kier molecular flexibility index (Phi) is 6.85. The average molecular weight is 488 g/mol. The van der Waals surface area contributed by atoms with Gasteiger partial charge in [-0.15, -0.1) is 0 Å². The number of benzene rings is 2. The van der Waals surface area contributed by atoms with Gasteiger partial charge < -0.3 is 4.90 Å². The van der Waals surface area contributed by atoms with E-state index in [0.29, 0.717) is 24.4 Å². The Morgan fingerprint density at radius 2 is 1.76 bits per heavy atom. The molecule has 8 nitrogen and oxygen atoms in total. The van der Waals surface area contributed by atoms with Crippen LogP contribution in [0.15, 0.2) is 60.8 Å². The number of para-hydroxylation sites is 1. The Balaban J connectivity index is 1.55. The lowest BCUT2D eigenvalue weighted by Gasteiger charge is -2.31. The van der Waals surface area contributed by atoms with Crippen LogP contribution < -0.4 is 5.14 Å². The molecule has 1 aromatic heterocycles. The monoisotopic (exact) mass is 487 g/mol. The first-order valence-corrected chi connectivity index (χ1v) is 12.5. The minimum absolute atomic E-state index is 0.0152. The normalized spacial score (nSPS) is 15.5. The summed E-state index contributed by atoms with van der Waals surface area (Å²) in [5.41, 5.74) is 3.51. The summed E-state index contributed by atoms with van der Waals surface area (Å²) in [5, 5.41) is 10.6. The van der Waals surface area contributed by atoms with Crippen molar-refractivity contribution in [3.05, 3.63) is 71.4 Å². The first-order valence-electron chi connectivity index (χ1n) is 10.6. The standard InChI is InChI=1S/C23H26ClN5O3S/c1-27(23(30)18-11-13-28(14-12-18)33(25,31)32)15-19-16-29(21-5-3-2-4-6-21)26-22(19)17-7-9-20(24)10-8-17/h2-10,16,18H,11-15H2,1H3,(H2,25,31,32). The third kappa shape index (κ3) is 5.44. The van der Waals surface area contributed by atoms with Gasteiger partial charge in [-0.2, -0.15) is 17.8 Å². The van der Waals surface area contributed by atoms with E-state index in [1.165, 1.54) is 4.31 Å². The zero-order chi connectivity index (χ0) is 23.6. The minimum Gasteiger partial charge on any atom is -0.341 e. The quantitative estimate of drug-likeness (QED) is 0.577. The number of halogens is 1. The van der Waals surface area contributed by atoms with Crippen molar-refractivity contribution in [2.75, 3.05) is 20.1 Å². The number of hydrogen-bond acceptors (Lipinski definition) is 4. The number of aromatic nitrogens is 2. The number of nitrogens with two attached hydrogens (primary N) is 1. The van der Waals surface area contributed by atoms with Gasteiger partial charge in [0, 0.05) is 54.9 Å². The molecule has 1 saturated heterocycles. The zero-order valence-corrected chi connectivity index (χ0v) is 19.8. The third-order valence-corrected chi connectivity index (χ3v) is 7.21. The highest BCUT2D eigenvalue weighted by atomic mass is 35.5. The predicted molar refractivity (Wildman–Crippen MR) is 128 cm³/mol. The molecule has 174 valence electrons. The van der Waals surface area contributed by atoms with E-state index in [1.807, 2.05) is 65.5 Å². The molecule has 4 rings (SSSR count). The fourth-order valence-corrected chi connectivity index (χ4v) is 4.94. The first kappa shape index (κ1) is 23.4. The van der Waals surface area contributed by atoms with E-state index < -0.39 is 10.2 Å². The van der Waals surface area contributed by atoms with Gasteiger partial charge in [0.05, 0.1) is 11.4 Å². The van der Waals surface area contributed by atoms with Crippen LogP contribution in [0.5, 0.6) is 0 Å². The maximum atomic E-state index is 13.1. The summed E-state index contributed by atoms with van der Waals surface area (Å²) in [7, 11) is -1.95. The van der Waals surface area contributed by atoms with Gasteiger partial charge in [0.2, 0.25) is 5.91 Å². The summed E-state index contributed by atoms with van der Waals surface area (Å²) in [6, 6.07) is 17.2. The first-order chi connectivity index (χ1) is 15.7. The molecule has 0 saturated carbocycles. The maximum absolute atomic E-state index is 13.1. The maximum Gasteiger partial charge on any atom is 0.276 e. The number of carbonyl (C=O) groups is 1. The lowest BCUT2D eigenvalue weighted by atomic mass is 9.96. The second-order valence-corrected chi connectivity index (χ2v) is 10.2. The molecule has 0 unspecified atom stereocenters. The van der Waals surface area contributed by atoms with Crippen molar-refractivity contribution in [1.82, 2.24) is 19.0 Å². The van der Waals surface area contributed by atoms with Gasteiger partial charge in [0.1, 0.15) is 0 Å². The molecule has 1 aliphatic rings. The molecule has 2 N–H and O–H groups in total. The van der Waals surface area contributed by atoms with Gasteiger partial charge in [-0.05, 0) is 37.1 Å². The molecule has 1 amide bonds. The summed E-state index contributed by atoms with van der Waals surface area (Å²) >= 11 is 6.06. The molecule has 1 fully saturated rings. The number of carbonyl (C=O) groups excluding carboxylic acids is 1. The lowest BCUT2D eigenvalue weighted by Crippen LogP contribution is -2.45. The molecule has 0 aliphatic carbocycles. The predicted octanol–water partition coefficient (Wildman–Crippen LogP) is 3.07. The third-order valence-electron chi connectivity index (χ3n) is 5.88. The summed E-state index contributed by atoms with van der Waals surface area (Å²) in [6.45, 7) is 0.884. The second-order valence-electron chi connectivity index (χ2n) is 8.20. The fraction of sp³-hybridized carbons (Fsp3) is 0.304. The summed E-state index contributed by atoms with van der Waals surface area (Å²) in [6.07, 6.45) is 2.84. The summed E-state index contributed by atoms with van der Waals surface area (Å²) in [4.78, 5) is 14.8. The highest BCUT2D eigenvalue weighted by Gasteiger charge is 2.31. The van der Waals surface area contributed by atoms with Gasteiger partial charge in [0.15, 0.2) is 0 Å². The van der Waals surface area contributed by atoms with Gasteiger partial charge in [0.25, 0.3) is 10.2 Å². The Labute approximate surface area is 198 Å². The lowest BCUT2D eigenvalue weighted by molar-refractivity contribution is -0.135. The van der Waals surface area contributed by atoms with Crippen LogP contribution in [0, 0.1) is 5.92 Å². The van der Waals surface area contributed by atoms with Crippen LogP contribution in [0.3, 0.4) is 0 Å². The van der Waals surface area contributed by atoms with Gasteiger partial charge in [-0.1, -0.05) is 41.9 Å². The van der Waals surface area contributed by atoms with Crippen LogP contribution in [0.1, 0.15) is 18.4 Å². The second kappa shape index (κ2) is 9.64. The average Bonchev–Trinajstić information content (AvgIpc) is 3.23. The summed E-state index contributed by atoms with van der Waals surface area (Å²) < 4.78 is 26.1. The van der Waals surface area contributed by atoms with Crippen molar-refractivity contribution < 1.29 is 13.2 Å². The van der Waals surface area contributed by atoms with Crippen LogP contribution >= 0.6 is 11.6 Å². The number of amides is 1. The van der Waals surface area contributed by atoms with Gasteiger partial charge >= 0.3 is 0 Å². The number of rotatable bonds is 6. The molecular weight excluding hydrogens is 462 g/mol. The Morgan fingerprint density at radius 3 is 2.36 bits per heavy atom. The molecular formula is C23H26ClN5O3S. The van der Waals surface area contributed by atoms with Crippen molar-refractivity contribution in [2.45, 2.75) is 19.4 Å². The smallest absolute Gasteiger partial charge is 0.276 e. The van der Waals surface area contributed by atoms with Crippen LogP contribution in [0.25, 0.3) is 16.9 Å². The van der Waals surface area contributed by atoms with Crippen molar-refractivity contribution in [3.63, 3.8) is 0 Å². The summed E-state index contributed by atoms with van der Waals surface area (Å²) in [5.74, 6) is -0.255. The van der Waals surface area contributed by atoms with Crippen LogP contribution in [-0.2, 0) is 21.5 Å². The molecule has 2 heterocycles. The van der Waals surface area contributed by atoms with E-state index in [-0.39, 0.29) is 24.9 Å². The van der Waals surface area contributed by atoms with E-state index >= 15 is 0 Å². The fourth-order valence-electron chi connectivity index (χ4n) is 4.09. The molecule has 0 radical (unpaired) electrons. The topological polar surface area (TPSA) is 102 Å². The molecule has 3 aromatic rings. The molecule has 2 aromatic carbocycles. The molecule has 0 atom stereocenters. The van der Waals surface area contributed by atoms with E-state index in [1.54, 1.807) is 11.9 Å². The SMILES string of the molecule is CN(Cc1cn(-c2ccccc2)nc1-c1ccc(Cl)cc1)C(=O)C1CCN(S(N)(=O)=O)CC1. The van der Waals surface area contributed by atoms with Crippen LogP contribution in [-0.4, -0.2) is 53.4 Å². The molecule has 33 heavy (non-hydrogen) atoms. The molecule has 0 bridgehead atoms. The molecule has 10 heteroatoms. The minimum atomic E-state index is -3.72. The highest BCUT2D eigenvalue weighted by molar-refractivity contribution is 7.86. The van der Waals surface area contributed by atoms with Gasteiger partial charge in [-0.25, -0.2) is 9.82 Å². The Hall–Kier alpha value is -2.72. The van der Waals surface area contributed by atoms with E-state index in [9.17, 15) is 13.2 Å². The van der Waals surface area contributed by atoms with Crippen molar-refractivity contribution in [2.24, 2.45) is 11.1 Å². The largest absolute Gasteiger partial charge is 0.341 e. The zero-order valence-electron chi connectivity index (χ0n) is 18.3. The highest BCUT2D eigenvalue weighted by Crippen LogP contribution is 2.27. The van der Waals surface area contributed by atoms with Crippen LogP contribution in [0.2, 0.25) is 5.02 Å². The molecule has 1 aliphatic heterocycles. The van der Waals surface area contributed by atoms with Crippen molar-refractivity contribution >= 4 is 27.7 Å². The number of nitrogens with zero attached hydrogens (tertiary/aromatic N) is 4. The van der Waals surface area contributed by atoms with E-state index in [2.05, 4.69) is 0 Å². The number of hydrogen-bond donors (Lipinski definition) is 1. The van der Waals surface area contributed by atoms with Gasteiger partial charge in [-0.3, -0.25) is 4.79 Å². The van der Waals surface area contributed by atoms with E-state index in [0.717, 1.165) is 22.5 Å². The Bertz CT molecular complexity index is 1220. The van der Waals surface area contributed by atoms with Crippen LogP contribution in [0.4, 0.5) is 0 Å². The number of piperidine rings is 1. The van der Waals surface area contributed by atoms with Crippen molar-refractivity contribution in [3.8, 4) is 16.9 Å². The van der Waals surface area contributed by atoms with Crippen molar-refractivity contribution in [1.29, 1.82) is 0 Å². The molecule has 0 spiro atoms. The Morgan fingerprint density at radius 1 is 1.12 bits per heavy atom. The van der Waals surface area contributed by atoms with E-state index in [4.69, 9.17) is 21.8 Å².